The molecule has 6 nitrogen and oxygen atoms in total. The molecule has 1 amide bonds. The van der Waals surface area contributed by atoms with Crippen LogP contribution in [0.3, 0.4) is 0 Å². The third kappa shape index (κ3) is 4.54. The number of aromatic nitrogens is 3. The Morgan fingerprint density at radius 3 is 2.96 bits per heavy atom. The molecule has 0 spiro atoms. The van der Waals surface area contributed by atoms with Crippen molar-refractivity contribution in [2.75, 3.05) is 0 Å². The molecule has 2 heterocycles. The number of nitrogens with zero attached hydrogens (tertiary/aromatic N) is 3. The number of carbonyl (C=O) groups is 1. The van der Waals surface area contributed by atoms with Gasteiger partial charge in [-0.05, 0) is 18.2 Å². The molecule has 0 fully saturated rings. The van der Waals surface area contributed by atoms with Gasteiger partial charge >= 0.3 is 6.61 Å². The molecule has 3 rings (SSSR count). The van der Waals surface area contributed by atoms with Crippen molar-refractivity contribution in [3.8, 4) is 16.5 Å². The Labute approximate surface area is 145 Å². The average Bonchev–Trinajstić information content (AvgIpc) is 3.09. The number of halogens is 2. The van der Waals surface area contributed by atoms with Gasteiger partial charge in [-0.3, -0.25) is 14.8 Å². The molecular formula is C16H12F2N4O2S. The standard InChI is InChI=1S/C16H12F2N4O2S/c17-16(18)24-12-3-1-2-10(6-12)14(23)21-7-11-9-25-15(22-11)13-8-19-4-5-20-13/h1-6,8-9,16H,7H2,(H,21,23). The molecule has 3 aromatic rings. The summed E-state index contributed by atoms with van der Waals surface area (Å²) in [6.45, 7) is -2.73. The van der Waals surface area contributed by atoms with Gasteiger partial charge in [0.25, 0.3) is 5.91 Å². The van der Waals surface area contributed by atoms with Crippen LogP contribution in [0, 0.1) is 0 Å². The lowest BCUT2D eigenvalue weighted by molar-refractivity contribution is -0.0498. The predicted octanol–water partition coefficient (Wildman–Crippen LogP) is 3.13. The van der Waals surface area contributed by atoms with E-state index in [-0.39, 0.29) is 17.9 Å². The first-order valence-electron chi connectivity index (χ1n) is 7.15. The van der Waals surface area contributed by atoms with Crippen LogP contribution in [0.1, 0.15) is 16.1 Å². The van der Waals surface area contributed by atoms with Crippen molar-refractivity contribution >= 4 is 17.2 Å². The van der Waals surface area contributed by atoms with E-state index in [4.69, 9.17) is 0 Å². The van der Waals surface area contributed by atoms with Crippen LogP contribution in [-0.2, 0) is 6.54 Å². The predicted molar refractivity (Wildman–Crippen MR) is 87.4 cm³/mol. The molecule has 0 radical (unpaired) electrons. The van der Waals surface area contributed by atoms with Crippen molar-refractivity contribution in [3.63, 3.8) is 0 Å². The van der Waals surface area contributed by atoms with E-state index in [0.717, 1.165) is 0 Å². The highest BCUT2D eigenvalue weighted by atomic mass is 32.1. The number of benzene rings is 1. The molecule has 0 aliphatic heterocycles. The molecule has 0 atom stereocenters. The Bertz CT molecular complexity index is 858. The number of alkyl halides is 2. The van der Waals surface area contributed by atoms with Gasteiger partial charge in [-0.15, -0.1) is 11.3 Å². The molecule has 1 aromatic carbocycles. The minimum Gasteiger partial charge on any atom is -0.435 e. The summed E-state index contributed by atoms with van der Waals surface area (Å²) in [4.78, 5) is 24.7. The number of rotatable bonds is 6. The van der Waals surface area contributed by atoms with Crippen LogP contribution in [0.5, 0.6) is 5.75 Å². The number of nitrogens with one attached hydrogen (secondary N) is 1. The normalized spacial score (nSPS) is 10.7. The summed E-state index contributed by atoms with van der Waals surface area (Å²) in [6, 6.07) is 5.60. The van der Waals surface area contributed by atoms with E-state index < -0.39 is 12.5 Å². The first-order chi connectivity index (χ1) is 12.1. The van der Waals surface area contributed by atoms with E-state index in [0.29, 0.717) is 16.4 Å². The van der Waals surface area contributed by atoms with E-state index in [1.165, 1.54) is 35.6 Å². The van der Waals surface area contributed by atoms with Crippen LogP contribution in [0.15, 0.2) is 48.2 Å². The Hall–Kier alpha value is -2.94. The minimum atomic E-state index is -2.94. The van der Waals surface area contributed by atoms with E-state index in [1.807, 2.05) is 0 Å². The zero-order chi connectivity index (χ0) is 17.6. The second-order valence-corrected chi connectivity index (χ2v) is 5.68. The first-order valence-corrected chi connectivity index (χ1v) is 8.03. The number of amides is 1. The van der Waals surface area contributed by atoms with Crippen LogP contribution in [0.25, 0.3) is 10.7 Å². The van der Waals surface area contributed by atoms with Gasteiger partial charge in [0, 0.05) is 23.3 Å². The zero-order valence-corrected chi connectivity index (χ0v) is 13.5. The summed E-state index contributed by atoms with van der Waals surface area (Å²) in [5, 5.41) is 5.19. The monoisotopic (exact) mass is 362 g/mol. The SMILES string of the molecule is O=C(NCc1csc(-c2cnccn2)n1)c1cccc(OC(F)F)c1. The van der Waals surface area contributed by atoms with Gasteiger partial charge < -0.3 is 10.1 Å². The first kappa shape index (κ1) is 16.9. The molecule has 0 saturated heterocycles. The van der Waals surface area contributed by atoms with Crippen molar-refractivity contribution < 1.29 is 18.3 Å². The molecule has 9 heteroatoms. The summed E-state index contributed by atoms with van der Waals surface area (Å²) in [5.41, 5.74) is 1.54. The van der Waals surface area contributed by atoms with E-state index in [1.54, 1.807) is 24.0 Å². The van der Waals surface area contributed by atoms with Crippen LogP contribution in [0.2, 0.25) is 0 Å². The summed E-state index contributed by atoms with van der Waals surface area (Å²) in [5.74, 6) is -0.477. The maximum absolute atomic E-state index is 12.2. The average molecular weight is 362 g/mol. The molecule has 25 heavy (non-hydrogen) atoms. The fourth-order valence-electron chi connectivity index (χ4n) is 2.00. The highest BCUT2D eigenvalue weighted by molar-refractivity contribution is 7.13. The summed E-state index contributed by atoms with van der Waals surface area (Å²) in [6.07, 6.45) is 4.76. The Kier molecular flexibility index (Phi) is 5.24. The molecule has 2 aromatic heterocycles. The largest absolute Gasteiger partial charge is 0.435 e. The van der Waals surface area contributed by atoms with Crippen molar-refractivity contribution in [1.82, 2.24) is 20.3 Å². The molecule has 0 bridgehead atoms. The number of hydrogen-bond acceptors (Lipinski definition) is 6. The van der Waals surface area contributed by atoms with Crippen LogP contribution in [0.4, 0.5) is 8.78 Å². The van der Waals surface area contributed by atoms with Gasteiger partial charge in [-0.2, -0.15) is 8.78 Å². The van der Waals surface area contributed by atoms with Crippen LogP contribution in [-0.4, -0.2) is 27.5 Å². The maximum atomic E-state index is 12.2. The third-order valence-corrected chi connectivity index (χ3v) is 4.00. The van der Waals surface area contributed by atoms with Crippen molar-refractivity contribution in [2.24, 2.45) is 0 Å². The Morgan fingerprint density at radius 2 is 2.20 bits per heavy atom. The fourth-order valence-corrected chi connectivity index (χ4v) is 2.78. The van der Waals surface area contributed by atoms with Gasteiger partial charge in [0.15, 0.2) is 0 Å². The molecule has 0 aliphatic rings. The molecule has 0 unspecified atom stereocenters. The molecule has 128 valence electrons. The Morgan fingerprint density at radius 1 is 1.32 bits per heavy atom. The molecule has 0 saturated carbocycles. The van der Waals surface area contributed by atoms with Gasteiger partial charge in [0.1, 0.15) is 16.5 Å². The summed E-state index contributed by atoms with van der Waals surface area (Å²) < 4.78 is 28.7. The zero-order valence-electron chi connectivity index (χ0n) is 12.7. The van der Waals surface area contributed by atoms with E-state index in [9.17, 15) is 13.6 Å². The highest BCUT2D eigenvalue weighted by Gasteiger charge is 2.11. The topological polar surface area (TPSA) is 77.0 Å². The van der Waals surface area contributed by atoms with Crippen molar-refractivity contribution in [2.45, 2.75) is 13.2 Å². The fraction of sp³-hybridized carbons (Fsp3) is 0.125. The van der Waals surface area contributed by atoms with E-state index in [2.05, 4.69) is 25.0 Å². The second kappa shape index (κ2) is 7.75. The molecule has 1 N–H and O–H groups in total. The van der Waals surface area contributed by atoms with E-state index >= 15 is 0 Å². The Balaban J connectivity index is 1.62. The lowest BCUT2D eigenvalue weighted by Crippen LogP contribution is -2.23. The minimum absolute atomic E-state index is 0.0683. The maximum Gasteiger partial charge on any atom is 0.387 e. The van der Waals surface area contributed by atoms with Crippen LogP contribution < -0.4 is 10.1 Å². The van der Waals surface area contributed by atoms with Crippen LogP contribution >= 0.6 is 11.3 Å². The second-order valence-electron chi connectivity index (χ2n) is 4.82. The van der Waals surface area contributed by atoms with Gasteiger partial charge in [-0.1, -0.05) is 6.07 Å². The quantitative estimate of drug-likeness (QED) is 0.729. The molecular weight excluding hydrogens is 350 g/mol. The van der Waals surface area contributed by atoms with Gasteiger partial charge in [-0.25, -0.2) is 4.98 Å². The third-order valence-electron chi connectivity index (χ3n) is 3.09. The number of thiazole rings is 1. The number of ether oxygens (including phenoxy) is 1. The highest BCUT2D eigenvalue weighted by Crippen LogP contribution is 2.21. The number of hydrogen-bond donors (Lipinski definition) is 1. The number of carbonyl (C=O) groups excluding carboxylic acids is 1. The lowest BCUT2D eigenvalue weighted by Gasteiger charge is -2.07. The van der Waals surface area contributed by atoms with Crippen molar-refractivity contribution in [1.29, 1.82) is 0 Å². The van der Waals surface area contributed by atoms with Gasteiger partial charge in [0.2, 0.25) is 0 Å². The molecule has 0 aliphatic carbocycles. The lowest BCUT2D eigenvalue weighted by atomic mass is 10.2. The van der Waals surface area contributed by atoms with Gasteiger partial charge in [0.05, 0.1) is 18.4 Å². The van der Waals surface area contributed by atoms with Crippen molar-refractivity contribution in [3.05, 3.63) is 59.5 Å². The summed E-state index contributed by atoms with van der Waals surface area (Å²) in [7, 11) is 0. The smallest absolute Gasteiger partial charge is 0.387 e. The summed E-state index contributed by atoms with van der Waals surface area (Å²) >= 11 is 1.39.